The highest BCUT2D eigenvalue weighted by Gasteiger charge is 2.48. The van der Waals surface area contributed by atoms with Crippen molar-refractivity contribution in [1.29, 1.82) is 0 Å². The van der Waals surface area contributed by atoms with Gasteiger partial charge in [0, 0.05) is 6.54 Å². The molecule has 3 aromatic rings. The molecule has 0 heterocycles. The first-order chi connectivity index (χ1) is 16.6. The Bertz CT molecular complexity index is 1200. The zero-order valence-corrected chi connectivity index (χ0v) is 19.4. The standard InChI is InChI=1S/C25H24F3NO5S/c26-25(27,28)35(31,32)34-23-15-13-22(14-16-23)21-11-9-19(10-12-21)6-4-5-17-29-24(30)33-18-20-7-2-1-3-8-20/h1-3,7-16H,4-6,17-18H2,(H,29,30). The van der Waals surface area contributed by atoms with E-state index >= 15 is 0 Å². The number of amides is 1. The van der Waals surface area contributed by atoms with Crippen molar-refractivity contribution in [2.75, 3.05) is 6.54 Å². The number of hydrogen-bond donors (Lipinski definition) is 1. The van der Waals surface area contributed by atoms with Crippen molar-refractivity contribution in [2.24, 2.45) is 0 Å². The van der Waals surface area contributed by atoms with Gasteiger partial charge in [-0.05, 0) is 53.6 Å². The minimum atomic E-state index is -5.70. The third kappa shape index (κ3) is 8.03. The van der Waals surface area contributed by atoms with Crippen LogP contribution in [-0.2, 0) is 27.9 Å². The number of hydrogen-bond acceptors (Lipinski definition) is 5. The summed E-state index contributed by atoms with van der Waals surface area (Å²) in [7, 11) is -5.70. The molecule has 3 rings (SSSR count). The first-order valence-electron chi connectivity index (χ1n) is 10.8. The van der Waals surface area contributed by atoms with Crippen LogP contribution in [0, 0.1) is 0 Å². The molecule has 10 heteroatoms. The van der Waals surface area contributed by atoms with Gasteiger partial charge in [0.15, 0.2) is 0 Å². The molecule has 0 fully saturated rings. The molecule has 6 nitrogen and oxygen atoms in total. The van der Waals surface area contributed by atoms with E-state index in [9.17, 15) is 26.4 Å². The van der Waals surface area contributed by atoms with Crippen LogP contribution in [-0.4, -0.2) is 26.6 Å². The third-order valence-electron chi connectivity index (χ3n) is 5.01. The minimum Gasteiger partial charge on any atom is -0.445 e. The number of ether oxygens (including phenoxy) is 1. The second-order valence-electron chi connectivity index (χ2n) is 7.65. The number of halogens is 3. The quantitative estimate of drug-likeness (QED) is 0.212. The van der Waals surface area contributed by atoms with Crippen LogP contribution in [0.25, 0.3) is 11.1 Å². The number of rotatable bonds is 10. The molecular weight excluding hydrogens is 483 g/mol. The van der Waals surface area contributed by atoms with E-state index < -0.39 is 27.5 Å². The van der Waals surface area contributed by atoms with Crippen molar-refractivity contribution >= 4 is 16.2 Å². The fraction of sp³-hybridized carbons (Fsp3) is 0.240. The molecule has 1 amide bonds. The molecular formula is C25H24F3NO5S. The van der Waals surface area contributed by atoms with Crippen LogP contribution < -0.4 is 9.50 Å². The van der Waals surface area contributed by atoms with Gasteiger partial charge in [0.1, 0.15) is 12.4 Å². The minimum absolute atomic E-state index is 0.224. The number of aryl methyl sites for hydroxylation is 1. The van der Waals surface area contributed by atoms with Crippen LogP contribution in [0.4, 0.5) is 18.0 Å². The van der Waals surface area contributed by atoms with Gasteiger partial charge >= 0.3 is 21.7 Å². The summed E-state index contributed by atoms with van der Waals surface area (Å²) in [6.07, 6.45) is 2.00. The maximum absolute atomic E-state index is 12.4. The summed E-state index contributed by atoms with van der Waals surface area (Å²) < 4.78 is 68.7. The Morgan fingerprint density at radius 1 is 0.800 bits per heavy atom. The van der Waals surface area contributed by atoms with Crippen molar-refractivity contribution in [2.45, 2.75) is 31.4 Å². The van der Waals surface area contributed by atoms with Crippen molar-refractivity contribution in [3.63, 3.8) is 0 Å². The Balaban J connectivity index is 1.39. The Morgan fingerprint density at radius 3 is 2.00 bits per heavy atom. The molecule has 1 N–H and O–H groups in total. The van der Waals surface area contributed by atoms with Crippen molar-refractivity contribution < 1.29 is 35.3 Å². The van der Waals surface area contributed by atoms with E-state index in [0.717, 1.165) is 36.0 Å². The van der Waals surface area contributed by atoms with E-state index in [0.29, 0.717) is 12.1 Å². The SMILES string of the molecule is O=C(NCCCCc1ccc(-c2ccc(OS(=O)(=O)C(F)(F)F)cc2)cc1)OCc1ccccc1. The Hall–Kier alpha value is -3.53. The molecule has 0 unspecified atom stereocenters. The average molecular weight is 508 g/mol. The number of alkyl carbamates (subject to hydrolysis) is 1. The fourth-order valence-electron chi connectivity index (χ4n) is 3.16. The maximum Gasteiger partial charge on any atom is 0.534 e. The summed E-state index contributed by atoms with van der Waals surface area (Å²) in [6, 6.07) is 22.4. The fourth-order valence-corrected chi connectivity index (χ4v) is 3.62. The number of alkyl halides is 3. The van der Waals surface area contributed by atoms with E-state index in [1.165, 1.54) is 24.3 Å². The molecule has 3 aromatic carbocycles. The van der Waals surface area contributed by atoms with Crippen LogP contribution in [0.3, 0.4) is 0 Å². The summed E-state index contributed by atoms with van der Waals surface area (Å²) >= 11 is 0. The van der Waals surface area contributed by atoms with Gasteiger partial charge in [0.2, 0.25) is 0 Å². The molecule has 0 aliphatic rings. The van der Waals surface area contributed by atoms with Crippen LogP contribution in [0.2, 0.25) is 0 Å². The molecule has 0 aliphatic heterocycles. The number of unbranched alkanes of at least 4 members (excludes halogenated alkanes) is 1. The molecule has 0 spiro atoms. The molecule has 0 bridgehead atoms. The lowest BCUT2D eigenvalue weighted by Crippen LogP contribution is -2.28. The molecule has 0 aliphatic carbocycles. The third-order valence-corrected chi connectivity index (χ3v) is 5.98. The second-order valence-corrected chi connectivity index (χ2v) is 9.19. The van der Waals surface area contributed by atoms with Gasteiger partial charge in [0.25, 0.3) is 0 Å². The van der Waals surface area contributed by atoms with E-state index in [-0.39, 0.29) is 6.61 Å². The lowest BCUT2D eigenvalue weighted by molar-refractivity contribution is -0.0500. The molecule has 0 saturated carbocycles. The number of nitrogens with one attached hydrogen (secondary N) is 1. The summed E-state index contributed by atoms with van der Waals surface area (Å²) in [5.41, 5.74) is -1.95. The lowest BCUT2D eigenvalue weighted by Gasteiger charge is -2.10. The van der Waals surface area contributed by atoms with E-state index in [1.54, 1.807) is 0 Å². The van der Waals surface area contributed by atoms with Crippen molar-refractivity contribution in [3.05, 3.63) is 90.0 Å². The number of carbonyl (C=O) groups excluding carboxylic acids is 1. The van der Waals surface area contributed by atoms with E-state index in [1.807, 2.05) is 54.6 Å². The molecule has 35 heavy (non-hydrogen) atoms. The van der Waals surface area contributed by atoms with Crippen molar-refractivity contribution in [1.82, 2.24) is 5.32 Å². The molecule has 0 radical (unpaired) electrons. The molecule has 0 saturated heterocycles. The topological polar surface area (TPSA) is 81.7 Å². The van der Waals surface area contributed by atoms with Gasteiger partial charge in [-0.3, -0.25) is 0 Å². The summed E-state index contributed by atoms with van der Waals surface area (Å²) in [4.78, 5) is 11.7. The first-order valence-corrected chi connectivity index (χ1v) is 12.2. The highest BCUT2D eigenvalue weighted by Crippen LogP contribution is 2.28. The molecule has 186 valence electrons. The number of carbonyl (C=O) groups is 1. The molecule has 0 aromatic heterocycles. The van der Waals surface area contributed by atoms with Crippen LogP contribution in [0.15, 0.2) is 78.9 Å². The average Bonchev–Trinajstić information content (AvgIpc) is 2.83. The van der Waals surface area contributed by atoms with Gasteiger partial charge < -0.3 is 14.2 Å². The van der Waals surface area contributed by atoms with Gasteiger partial charge in [0.05, 0.1) is 0 Å². The van der Waals surface area contributed by atoms with Crippen LogP contribution in [0.5, 0.6) is 5.75 Å². The number of benzene rings is 3. The predicted octanol–water partition coefficient (Wildman–Crippen LogP) is 5.83. The van der Waals surface area contributed by atoms with Crippen LogP contribution >= 0.6 is 0 Å². The zero-order valence-electron chi connectivity index (χ0n) is 18.6. The maximum atomic E-state index is 12.4. The first kappa shape index (κ1) is 26.1. The van der Waals surface area contributed by atoms with Gasteiger partial charge in [-0.1, -0.05) is 66.7 Å². The normalized spacial score (nSPS) is 11.6. The summed E-state index contributed by atoms with van der Waals surface area (Å²) in [5.74, 6) is -0.416. The summed E-state index contributed by atoms with van der Waals surface area (Å²) in [5, 5.41) is 2.73. The Kier molecular flexibility index (Phi) is 8.75. The van der Waals surface area contributed by atoms with Gasteiger partial charge in [-0.15, -0.1) is 0 Å². The molecule has 0 atom stereocenters. The predicted molar refractivity (Wildman–Crippen MR) is 125 cm³/mol. The second kappa shape index (κ2) is 11.7. The Morgan fingerprint density at radius 2 is 1.40 bits per heavy atom. The Labute approximate surface area is 201 Å². The smallest absolute Gasteiger partial charge is 0.445 e. The van der Waals surface area contributed by atoms with Crippen molar-refractivity contribution in [3.8, 4) is 16.9 Å². The largest absolute Gasteiger partial charge is 0.534 e. The van der Waals surface area contributed by atoms with E-state index in [2.05, 4.69) is 9.50 Å². The monoisotopic (exact) mass is 507 g/mol. The highest BCUT2D eigenvalue weighted by molar-refractivity contribution is 7.88. The summed E-state index contributed by atoms with van der Waals surface area (Å²) in [6.45, 7) is 0.728. The lowest BCUT2D eigenvalue weighted by atomic mass is 10.0. The van der Waals surface area contributed by atoms with Crippen LogP contribution in [0.1, 0.15) is 24.0 Å². The van der Waals surface area contributed by atoms with Gasteiger partial charge in [-0.25, -0.2) is 4.79 Å². The highest BCUT2D eigenvalue weighted by atomic mass is 32.2. The van der Waals surface area contributed by atoms with E-state index in [4.69, 9.17) is 4.74 Å². The van der Waals surface area contributed by atoms with Gasteiger partial charge in [-0.2, -0.15) is 21.6 Å². The zero-order chi connectivity index (χ0) is 25.3.